The van der Waals surface area contributed by atoms with Crippen molar-refractivity contribution in [1.82, 2.24) is 9.55 Å². The van der Waals surface area contributed by atoms with Crippen molar-refractivity contribution in [3.8, 4) is 28.1 Å². The highest BCUT2D eigenvalue weighted by Crippen LogP contribution is 2.51. The van der Waals surface area contributed by atoms with Crippen molar-refractivity contribution < 1.29 is 4.58 Å². The Hall–Kier alpha value is -5.81. The standard InChI is InChI=1S/C40H30N5/c1-26-25-43(2)40(42-26)27-18-20-33-30-12-4-3-11-29(30)31-13-5-7-15-35(31)44(37(33)23-27)28-19-21-34-32-14-6-8-16-36(32)45(38(34)24-28)39-17-9-10-22-41-39/h3-25,40H,1-2H3/q+1. The van der Waals surface area contributed by atoms with Gasteiger partial charge in [0.25, 0.3) is 6.17 Å². The quantitative estimate of drug-likeness (QED) is 0.195. The second-order valence-electron chi connectivity index (χ2n) is 11.9. The summed E-state index contributed by atoms with van der Waals surface area (Å²) in [6.07, 6.45) is 3.92. The maximum Gasteiger partial charge on any atom is 0.272 e. The molecular weight excluding hydrogens is 550 g/mol. The van der Waals surface area contributed by atoms with Crippen LogP contribution in [0.4, 0.5) is 17.1 Å². The largest absolute Gasteiger partial charge is 0.309 e. The van der Waals surface area contributed by atoms with E-state index in [4.69, 9.17) is 9.98 Å². The Morgan fingerprint density at radius 1 is 0.622 bits per heavy atom. The van der Waals surface area contributed by atoms with Crippen molar-refractivity contribution in [3.05, 3.63) is 139 Å². The van der Waals surface area contributed by atoms with E-state index in [0.717, 1.165) is 45.2 Å². The predicted octanol–water partition coefficient (Wildman–Crippen LogP) is 9.48. The molecule has 9 rings (SSSR count). The average Bonchev–Trinajstić information content (AvgIpc) is 3.56. The molecule has 0 spiro atoms. The van der Waals surface area contributed by atoms with Gasteiger partial charge in [-0.2, -0.15) is 0 Å². The molecule has 214 valence electrons. The number of fused-ring (bicyclic) bond motifs is 8. The summed E-state index contributed by atoms with van der Waals surface area (Å²) in [5.41, 5.74) is 12.7. The van der Waals surface area contributed by atoms with E-state index in [2.05, 4.69) is 156 Å². The van der Waals surface area contributed by atoms with Crippen LogP contribution < -0.4 is 4.90 Å². The molecule has 0 saturated carbocycles. The Kier molecular flexibility index (Phi) is 5.62. The third-order valence-electron chi connectivity index (χ3n) is 9.11. The predicted molar refractivity (Wildman–Crippen MR) is 186 cm³/mol. The Labute approximate surface area is 261 Å². The first kappa shape index (κ1) is 25.7. The van der Waals surface area contributed by atoms with Crippen LogP contribution in [0.5, 0.6) is 0 Å². The lowest BCUT2D eigenvalue weighted by Gasteiger charge is -2.28. The van der Waals surface area contributed by atoms with Crippen molar-refractivity contribution in [1.29, 1.82) is 0 Å². The number of hydrogen-bond acceptors (Lipinski definition) is 3. The molecule has 0 N–H and O–H groups in total. The topological polar surface area (TPSA) is 36.4 Å². The minimum absolute atomic E-state index is 0.0555. The SMILES string of the molecule is CC1=NC(c2ccc3c(c2)N(c2ccc4c5ccccc5n(-c5ccccn5)c4c2)c2ccccc2-c2ccccc2-3)[N+](C)=C1. The van der Waals surface area contributed by atoms with Gasteiger partial charge >= 0.3 is 0 Å². The first-order valence-corrected chi connectivity index (χ1v) is 15.3. The number of anilines is 3. The molecule has 1 atom stereocenters. The van der Waals surface area contributed by atoms with Crippen LogP contribution in [0, 0.1) is 0 Å². The van der Waals surface area contributed by atoms with Gasteiger partial charge in [-0.25, -0.2) is 14.6 Å². The molecule has 45 heavy (non-hydrogen) atoms. The van der Waals surface area contributed by atoms with Gasteiger partial charge in [-0.1, -0.05) is 78.9 Å². The van der Waals surface area contributed by atoms with E-state index in [1.54, 1.807) is 0 Å². The van der Waals surface area contributed by atoms with Crippen LogP contribution in [0.3, 0.4) is 0 Å². The number of para-hydroxylation sites is 2. The highest BCUT2D eigenvalue weighted by Gasteiger charge is 2.30. The lowest BCUT2D eigenvalue weighted by molar-refractivity contribution is -0.533. The van der Waals surface area contributed by atoms with E-state index in [1.165, 1.54) is 33.0 Å². The van der Waals surface area contributed by atoms with Crippen molar-refractivity contribution >= 4 is 50.8 Å². The number of rotatable bonds is 3. The summed E-state index contributed by atoms with van der Waals surface area (Å²) in [5.74, 6) is 0.904. The molecule has 2 aromatic heterocycles. The molecule has 0 amide bonds. The minimum Gasteiger partial charge on any atom is -0.309 e. The normalized spacial score (nSPS) is 15.3. The summed E-state index contributed by atoms with van der Waals surface area (Å²) >= 11 is 0. The van der Waals surface area contributed by atoms with Crippen molar-refractivity contribution in [2.45, 2.75) is 13.1 Å². The van der Waals surface area contributed by atoms with Crippen LogP contribution in [0.1, 0.15) is 18.7 Å². The summed E-state index contributed by atoms with van der Waals surface area (Å²) in [7, 11) is 2.10. The number of nitrogens with zero attached hydrogens (tertiary/aromatic N) is 5. The molecule has 0 aliphatic carbocycles. The van der Waals surface area contributed by atoms with Crippen LogP contribution >= 0.6 is 0 Å². The zero-order chi connectivity index (χ0) is 30.1. The van der Waals surface area contributed by atoms with Crippen molar-refractivity contribution in [2.75, 3.05) is 11.9 Å². The van der Waals surface area contributed by atoms with Crippen molar-refractivity contribution in [3.63, 3.8) is 0 Å². The van der Waals surface area contributed by atoms with Gasteiger partial charge in [0, 0.05) is 39.3 Å². The Balaban J connectivity index is 1.36. The van der Waals surface area contributed by atoms with Gasteiger partial charge in [0.05, 0.1) is 22.4 Å². The number of hydrogen-bond donors (Lipinski definition) is 0. The fraction of sp³-hybridized carbons (Fsp3) is 0.0750. The van der Waals surface area contributed by atoms with Crippen LogP contribution in [0.2, 0.25) is 0 Å². The number of aromatic nitrogens is 2. The lowest BCUT2D eigenvalue weighted by atomic mass is 9.94. The first-order valence-electron chi connectivity index (χ1n) is 15.3. The monoisotopic (exact) mass is 580 g/mol. The molecule has 2 aliphatic rings. The lowest BCUT2D eigenvalue weighted by Crippen LogP contribution is -2.13. The van der Waals surface area contributed by atoms with Gasteiger partial charge in [0.2, 0.25) is 0 Å². The van der Waals surface area contributed by atoms with E-state index in [-0.39, 0.29) is 6.17 Å². The molecular formula is C40H30N5+. The molecule has 0 radical (unpaired) electrons. The Morgan fingerprint density at radius 3 is 2.11 bits per heavy atom. The summed E-state index contributed by atoms with van der Waals surface area (Å²) in [6.45, 7) is 2.06. The average molecular weight is 581 g/mol. The molecule has 2 aliphatic heterocycles. The highest BCUT2D eigenvalue weighted by atomic mass is 15.2. The second-order valence-corrected chi connectivity index (χ2v) is 11.9. The molecule has 5 aromatic carbocycles. The van der Waals surface area contributed by atoms with Crippen LogP contribution in [-0.2, 0) is 0 Å². The van der Waals surface area contributed by atoms with Crippen LogP contribution in [-0.4, -0.2) is 33.1 Å². The second kappa shape index (κ2) is 9.86. The van der Waals surface area contributed by atoms with Gasteiger partial charge in [-0.15, -0.1) is 0 Å². The van der Waals surface area contributed by atoms with E-state index in [0.29, 0.717) is 0 Å². The van der Waals surface area contributed by atoms with Gasteiger partial charge in [0.15, 0.2) is 6.21 Å². The van der Waals surface area contributed by atoms with Gasteiger partial charge in [-0.05, 0) is 66.6 Å². The smallest absolute Gasteiger partial charge is 0.272 e. The maximum absolute atomic E-state index is 4.97. The molecule has 0 fully saturated rings. The van der Waals surface area contributed by atoms with E-state index in [1.807, 2.05) is 12.3 Å². The van der Waals surface area contributed by atoms with Crippen molar-refractivity contribution in [2.24, 2.45) is 4.99 Å². The molecule has 0 bridgehead atoms. The number of benzene rings is 5. The Bertz CT molecular complexity index is 2360. The zero-order valence-electron chi connectivity index (χ0n) is 25.1. The summed E-state index contributed by atoms with van der Waals surface area (Å²) in [6, 6.07) is 45.9. The number of pyridine rings is 1. The molecule has 7 aromatic rings. The molecule has 0 saturated heterocycles. The minimum atomic E-state index is -0.0555. The summed E-state index contributed by atoms with van der Waals surface area (Å²) in [4.78, 5) is 12.2. The maximum atomic E-state index is 4.97. The van der Waals surface area contributed by atoms with Gasteiger partial charge in [-0.3, -0.25) is 4.57 Å². The number of aliphatic imine (C=N–C) groups is 1. The molecule has 5 nitrogen and oxygen atoms in total. The molecule has 5 heteroatoms. The van der Waals surface area contributed by atoms with Gasteiger partial charge < -0.3 is 4.90 Å². The van der Waals surface area contributed by atoms with Gasteiger partial charge in [0.1, 0.15) is 18.6 Å². The molecule has 4 heterocycles. The van der Waals surface area contributed by atoms with E-state index >= 15 is 0 Å². The van der Waals surface area contributed by atoms with E-state index < -0.39 is 0 Å². The summed E-state index contributed by atoms with van der Waals surface area (Å²) in [5, 5.41) is 2.41. The fourth-order valence-corrected chi connectivity index (χ4v) is 7.20. The highest BCUT2D eigenvalue weighted by molar-refractivity contribution is 6.28. The third-order valence-corrected chi connectivity index (χ3v) is 9.11. The van der Waals surface area contributed by atoms with Crippen LogP contribution in [0.25, 0.3) is 49.9 Å². The first-order chi connectivity index (χ1) is 22.2. The molecule has 1 unspecified atom stereocenters. The summed E-state index contributed by atoms with van der Waals surface area (Å²) < 4.78 is 4.47. The fourth-order valence-electron chi connectivity index (χ4n) is 7.20. The Morgan fingerprint density at radius 2 is 1.33 bits per heavy atom. The zero-order valence-corrected chi connectivity index (χ0v) is 25.1. The van der Waals surface area contributed by atoms with E-state index in [9.17, 15) is 0 Å². The third kappa shape index (κ3) is 3.90. The van der Waals surface area contributed by atoms with Crippen LogP contribution in [0.15, 0.2) is 139 Å².